The Morgan fingerprint density at radius 3 is 3.15 bits per heavy atom. The predicted octanol–water partition coefficient (Wildman–Crippen LogP) is 3.87. The Morgan fingerprint density at radius 2 is 2.38 bits per heavy atom. The second-order valence-electron chi connectivity index (χ2n) is 4.47. The van der Waals surface area contributed by atoms with E-state index < -0.39 is 0 Å². The Kier molecular flexibility index (Phi) is 2.15. The van der Waals surface area contributed by atoms with Crippen LogP contribution in [-0.4, -0.2) is 0 Å². The molecule has 0 heterocycles. The Labute approximate surface area is 81.0 Å². The van der Waals surface area contributed by atoms with E-state index in [-0.39, 0.29) is 0 Å². The molecule has 0 radical (unpaired) electrons. The average molecular weight is 174 g/mol. The topological polar surface area (TPSA) is 0 Å². The molecule has 0 saturated carbocycles. The van der Waals surface area contributed by atoms with Crippen molar-refractivity contribution in [2.24, 2.45) is 11.3 Å². The van der Waals surface area contributed by atoms with Gasteiger partial charge in [-0.05, 0) is 42.6 Å². The zero-order valence-corrected chi connectivity index (χ0v) is 8.42. The Balaban J connectivity index is 2.36. The first-order valence-corrected chi connectivity index (χ1v) is 5.25. The summed E-state index contributed by atoms with van der Waals surface area (Å²) in [6.07, 6.45) is 14.2. The summed E-state index contributed by atoms with van der Waals surface area (Å²) < 4.78 is 0. The van der Waals surface area contributed by atoms with E-state index in [0.29, 0.717) is 5.41 Å². The quantitative estimate of drug-likeness (QED) is 0.529. The van der Waals surface area contributed by atoms with Crippen LogP contribution in [0.15, 0.2) is 36.5 Å². The van der Waals surface area contributed by atoms with E-state index in [2.05, 4.69) is 37.8 Å². The molecule has 0 saturated heterocycles. The Bertz CT molecular complexity index is 270. The van der Waals surface area contributed by atoms with Crippen molar-refractivity contribution in [2.45, 2.75) is 32.6 Å². The van der Waals surface area contributed by atoms with Gasteiger partial charge in [0.25, 0.3) is 0 Å². The van der Waals surface area contributed by atoms with Crippen molar-refractivity contribution in [2.75, 3.05) is 0 Å². The third-order valence-corrected chi connectivity index (χ3v) is 3.79. The van der Waals surface area contributed by atoms with E-state index in [9.17, 15) is 0 Å². The minimum absolute atomic E-state index is 0.398. The van der Waals surface area contributed by atoms with Crippen LogP contribution in [0.25, 0.3) is 0 Å². The van der Waals surface area contributed by atoms with Crippen molar-refractivity contribution < 1.29 is 0 Å². The SMILES string of the molecule is C=CC1=CCC[C@@H]2CC=CC[C@]12C. The zero-order chi connectivity index (χ0) is 9.31. The number of rotatable bonds is 1. The molecule has 0 unspecified atom stereocenters. The van der Waals surface area contributed by atoms with Crippen LogP contribution in [0.3, 0.4) is 0 Å². The van der Waals surface area contributed by atoms with Crippen molar-refractivity contribution in [3.63, 3.8) is 0 Å². The third-order valence-electron chi connectivity index (χ3n) is 3.79. The van der Waals surface area contributed by atoms with Gasteiger partial charge in [-0.1, -0.05) is 37.8 Å². The van der Waals surface area contributed by atoms with Gasteiger partial charge in [0.1, 0.15) is 0 Å². The van der Waals surface area contributed by atoms with Crippen LogP contribution in [0.2, 0.25) is 0 Å². The largest absolute Gasteiger partial charge is 0.0988 e. The molecule has 2 aliphatic carbocycles. The Morgan fingerprint density at radius 1 is 1.54 bits per heavy atom. The summed E-state index contributed by atoms with van der Waals surface area (Å²) in [7, 11) is 0. The number of hydrogen-bond acceptors (Lipinski definition) is 0. The highest BCUT2D eigenvalue weighted by Crippen LogP contribution is 2.49. The average Bonchev–Trinajstić information content (AvgIpc) is 2.16. The lowest BCUT2D eigenvalue weighted by molar-refractivity contribution is 0.208. The van der Waals surface area contributed by atoms with E-state index in [1.165, 1.54) is 31.3 Å². The lowest BCUT2D eigenvalue weighted by atomic mass is 9.61. The minimum Gasteiger partial charge on any atom is -0.0988 e. The summed E-state index contributed by atoms with van der Waals surface area (Å²) in [6, 6.07) is 0. The molecule has 13 heavy (non-hydrogen) atoms. The van der Waals surface area contributed by atoms with E-state index in [1.807, 2.05) is 0 Å². The molecule has 0 amide bonds. The summed E-state index contributed by atoms with van der Waals surface area (Å²) in [6.45, 7) is 6.32. The highest BCUT2D eigenvalue weighted by Gasteiger charge is 2.37. The van der Waals surface area contributed by atoms with Gasteiger partial charge in [0.05, 0.1) is 0 Å². The second kappa shape index (κ2) is 3.17. The zero-order valence-electron chi connectivity index (χ0n) is 8.42. The van der Waals surface area contributed by atoms with Gasteiger partial charge in [-0.15, -0.1) is 0 Å². The van der Waals surface area contributed by atoms with Crippen LogP contribution >= 0.6 is 0 Å². The van der Waals surface area contributed by atoms with Crippen molar-refractivity contribution in [1.82, 2.24) is 0 Å². The third kappa shape index (κ3) is 1.29. The summed E-state index contributed by atoms with van der Waals surface area (Å²) in [5.74, 6) is 0.857. The molecule has 2 atom stereocenters. The van der Waals surface area contributed by atoms with Gasteiger partial charge in [0, 0.05) is 0 Å². The summed E-state index contributed by atoms with van der Waals surface area (Å²) in [4.78, 5) is 0. The van der Waals surface area contributed by atoms with Gasteiger partial charge in [-0.25, -0.2) is 0 Å². The highest BCUT2D eigenvalue weighted by atomic mass is 14.4. The molecule has 2 rings (SSSR count). The van der Waals surface area contributed by atoms with E-state index in [0.717, 1.165) is 5.92 Å². The standard InChI is InChI=1S/C13H18/c1-3-11-8-6-9-12-7-4-5-10-13(11,12)2/h3-5,8,12H,1,6-7,9-10H2,2H3/t12-,13+/m0/s1. The maximum atomic E-state index is 3.93. The lowest BCUT2D eigenvalue weighted by Gasteiger charge is -2.43. The number of hydrogen-bond donors (Lipinski definition) is 0. The van der Waals surface area contributed by atoms with Gasteiger partial charge < -0.3 is 0 Å². The van der Waals surface area contributed by atoms with E-state index in [4.69, 9.17) is 0 Å². The van der Waals surface area contributed by atoms with E-state index >= 15 is 0 Å². The number of fused-ring (bicyclic) bond motifs is 1. The van der Waals surface area contributed by atoms with Crippen LogP contribution in [0.5, 0.6) is 0 Å². The minimum atomic E-state index is 0.398. The van der Waals surface area contributed by atoms with Crippen LogP contribution in [0.4, 0.5) is 0 Å². The fourth-order valence-corrected chi connectivity index (χ4v) is 2.80. The first kappa shape index (κ1) is 8.80. The Hall–Kier alpha value is -0.780. The fraction of sp³-hybridized carbons (Fsp3) is 0.538. The lowest BCUT2D eigenvalue weighted by Crippen LogP contribution is -2.32. The second-order valence-corrected chi connectivity index (χ2v) is 4.47. The summed E-state index contributed by atoms with van der Waals surface area (Å²) >= 11 is 0. The molecule has 0 spiro atoms. The maximum absolute atomic E-state index is 3.93. The molecule has 0 aliphatic heterocycles. The predicted molar refractivity (Wildman–Crippen MR) is 57.5 cm³/mol. The summed E-state index contributed by atoms with van der Waals surface area (Å²) in [5, 5.41) is 0. The molecule has 70 valence electrons. The number of allylic oxidation sites excluding steroid dienone is 5. The fourth-order valence-electron chi connectivity index (χ4n) is 2.80. The van der Waals surface area contributed by atoms with E-state index in [1.54, 1.807) is 0 Å². The molecule has 0 heteroatoms. The first-order valence-electron chi connectivity index (χ1n) is 5.25. The molecule has 0 aromatic carbocycles. The summed E-state index contributed by atoms with van der Waals surface area (Å²) in [5.41, 5.74) is 1.88. The molecular formula is C13H18. The van der Waals surface area contributed by atoms with Crippen LogP contribution in [0, 0.1) is 11.3 Å². The van der Waals surface area contributed by atoms with Gasteiger partial charge in [0.2, 0.25) is 0 Å². The van der Waals surface area contributed by atoms with Gasteiger partial charge in [-0.3, -0.25) is 0 Å². The smallest absolute Gasteiger partial charge is 0.00129 e. The van der Waals surface area contributed by atoms with Crippen LogP contribution in [-0.2, 0) is 0 Å². The highest BCUT2D eigenvalue weighted by molar-refractivity contribution is 5.30. The molecule has 0 nitrogen and oxygen atoms in total. The molecule has 0 fully saturated rings. The van der Waals surface area contributed by atoms with Crippen molar-refractivity contribution in [1.29, 1.82) is 0 Å². The molecule has 0 N–H and O–H groups in total. The molecule has 2 aliphatic rings. The van der Waals surface area contributed by atoms with Crippen LogP contribution < -0.4 is 0 Å². The van der Waals surface area contributed by atoms with Crippen LogP contribution in [0.1, 0.15) is 32.6 Å². The monoisotopic (exact) mass is 174 g/mol. The molecule has 0 bridgehead atoms. The normalized spacial score (nSPS) is 37.9. The molecular weight excluding hydrogens is 156 g/mol. The molecule has 0 aromatic heterocycles. The van der Waals surface area contributed by atoms with Gasteiger partial charge in [-0.2, -0.15) is 0 Å². The van der Waals surface area contributed by atoms with Crippen molar-refractivity contribution in [3.8, 4) is 0 Å². The molecule has 0 aromatic rings. The van der Waals surface area contributed by atoms with Crippen molar-refractivity contribution >= 4 is 0 Å². The van der Waals surface area contributed by atoms with Gasteiger partial charge >= 0.3 is 0 Å². The first-order chi connectivity index (χ1) is 6.27. The van der Waals surface area contributed by atoms with Crippen molar-refractivity contribution in [3.05, 3.63) is 36.5 Å². The maximum Gasteiger partial charge on any atom is -0.00129 e. The van der Waals surface area contributed by atoms with Gasteiger partial charge in [0.15, 0.2) is 0 Å².